The van der Waals surface area contributed by atoms with Crippen molar-refractivity contribution in [3.8, 4) is 17.2 Å². The summed E-state index contributed by atoms with van der Waals surface area (Å²) in [4.78, 5) is 0. The fraction of sp³-hybridized carbons (Fsp3) is 0.910. The van der Waals surface area contributed by atoms with Crippen LogP contribution in [0.25, 0.3) is 0 Å². The van der Waals surface area contributed by atoms with E-state index in [4.69, 9.17) is 14.2 Å². The second-order valence-corrected chi connectivity index (χ2v) is 26.5. The third kappa shape index (κ3) is 38.7. The number of aliphatic hydroxyl groups excluding tert-OH is 1. The van der Waals surface area contributed by atoms with Crippen molar-refractivity contribution in [1.82, 2.24) is 0 Å². The average Bonchev–Trinajstić information content (AvgIpc) is 3.29. The highest BCUT2D eigenvalue weighted by molar-refractivity contribution is 5.54. The molecule has 1 aromatic rings. The van der Waals surface area contributed by atoms with Crippen molar-refractivity contribution in [2.75, 3.05) is 19.8 Å². The smallest absolute Gasteiger partial charge is 0.203 e. The maximum Gasteiger partial charge on any atom is 0.203 e. The Labute approximate surface area is 446 Å². The fourth-order valence-corrected chi connectivity index (χ4v) is 11.0. The molecule has 71 heavy (non-hydrogen) atoms. The van der Waals surface area contributed by atoms with E-state index in [0.29, 0.717) is 37.6 Å². The Hall–Kier alpha value is -1.42. The van der Waals surface area contributed by atoms with Crippen LogP contribution in [-0.4, -0.2) is 24.9 Å². The molecule has 4 heteroatoms. The van der Waals surface area contributed by atoms with Crippen molar-refractivity contribution in [3.63, 3.8) is 0 Å². The molecule has 0 heterocycles. The standard InChI is InChI=1S/C67H128O4/c1-52(2)25-16-28-55(7)31-19-34-58(10)37-22-40-61(13)43-46-69-65-49-64(51-68)50-66(70-47-44-62(14)41-23-38-59(11)35-20-32-56(8)29-17-26-53(3)4)67(65)71-48-45-63(15)42-24-39-60(12)36-21-33-57(9)30-18-27-54(5)6/h49-50,52-63,68H,16-48,51H2,1-15H3/t55-,56-,57-,58-,59-,60-,61?,62?,63?/m1/s1. The molecule has 420 valence electrons. The fourth-order valence-electron chi connectivity index (χ4n) is 11.0. The van der Waals surface area contributed by atoms with Crippen molar-refractivity contribution in [2.24, 2.45) is 71.0 Å². The Morgan fingerprint density at radius 1 is 0.282 bits per heavy atom. The zero-order valence-electron chi connectivity index (χ0n) is 50.8. The first kappa shape index (κ1) is 67.6. The van der Waals surface area contributed by atoms with E-state index in [-0.39, 0.29) is 6.61 Å². The highest BCUT2D eigenvalue weighted by Crippen LogP contribution is 2.40. The average molecular weight is 998 g/mol. The van der Waals surface area contributed by atoms with E-state index in [1.807, 2.05) is 12.1 Å². The van der Waals surface area contributed by atoms with Gasteiger partial charge in [0.25, 0.3) is 0 Å². The molecular weight excluding hydrogens is 869 g/mol. The van der Waals surface area contributed by atoms with E-state index in [2.05, 4.69) is 104 Å². The molecule has 4 nitrogen and oxygen atoms in total. The quantitative estimate of drug-likeness (QED) is 0.0707. The SMILES string of the molecule is CC(C)CCC[C@@H](C)CCC[C@@H](C)CCCC(C)CCOc1cc(CO)cc(OCCC(C)CCC[C@H](C)CCC[C@H](C)CCCC(C)C)c1OCCC(C)CCC[C@H](C)CCC[C@H](C)CCCC(C)C. The molecule has 0 aliphatic carbocycles. The Kier molecular flexibility index (Phi) is 40.7. The molecule has 0 aromatic heterocycles. The van der Waals surface area contributed by atoms with Crippen LogP contribution in [0.5, 0.6) is 17.2 Å². The first-order valence-corrected chi connectivity index (χ1v) is 31.5. The molecule has 1 aromatic carbocycles. The van der Waals surface area contributed by atoms with Gasteiger partial charge < -0.3 is 19.3 Å². The topological polar surface area (TPSA) is 47.9 Å². The van der Waals surface area contributed by atoms with Gasteiger partial charge in [-0.05, 0) is 108 Å². The monoisotopic (exact) mass is 997 g/mol. The van der Waals surface area contributed by atoms with Crippen LogP contribution in [0.2, 0.25) is 0 Å². The van der Waals surface area contributed by atoms with Crippen molar-refractivity contribution in [2.45, 2.75) is 303 Å². The number of aliphatic hydroxyl groups is 1. The van der Waals surface area contributed by atoms with Gasteiger partial charge in [0.15, 0.2) is 11.5 Å². The Bertz CT molecular complexity index is 1270. The lowest BCUT2D eigenvalue weighted by Crippen LogP contribution is -2.11. The normalized spacial score (nSPS) is 16.0. The predicted octanol–water partition coefficient (Wildman–Crippen LogP) is 21.7. The van der Waals surface area contributed by atoms with Gasteiger partial charge in [-0.15, -0.1) is 0 Å². The Morgan fingerprint density at radius 3 is 0.690 bits per heavy atom. The Balaban J connectivity index is 2.76. The van der Waals surface area contributed by atoms with Gasteiger partial charge in [-0.2, -0.15) is 0 Å². The van der Waals surface area contributed by atoms with Gasteiger partial charge in [-0.3, -0.25) is 0 Å². The molecule has 0 amide bonds. The highest BCUT2D eigenvalue weighted by Gasteiger charge is 2.19. The van der Waals surface area contributed by atoms with E-state index in [0.717, 1.165) is 95.3 Å². The minimum atomic E-state index is -0.0446. The van der Waals surface area contributed by atoms with E-state index in [1.165, 1.54) is 173 Å². The van der Waals surface area contributed by atoms with E-state index < -0.39 is 0 Å². The van der Waals surface area contributed by atoms with Gasteiger partial charge in [0.05, 0.1) is 26.4 Å². The van der Waals surface area contributed by atoms with Crippen molar-refractivity contribution in [3.05, 3.63) is 17.7 Å². The highest BCUT2D eigenvalue weighted by atomic mass is 16.5. The molecule has 3 unspecified atom stereocenters. The molecule has 0 aliphatic rings. The summed E-state index contributed by atoms with van der Waals surface area (Å²) >= 11 is 0. The minimum Gasteiger partial charge on any atom is -0.490 e. The first-order chi connectivity index (χ1) is 33.9. The summed E-state index contributed by atoms with van der Waals surface area (Å²) in [5.74, 6) is 11.5. The molecule has 0 bridgehead atoms. The number of hydrogen-bond acceptors (Lipinski definition) is 4. The summed E-state index contributed by atoms with van der Waals surface area (Å²) < 4.78 is 19.9. The summed E-state index contributed by atoms with van der Waals surface area (Å²) in [7, 11) is 0. The maximum absolute atomic E-state index is 10.4. The van der Waals surface area contributed by atoms with E-state index in [1.54, 1.807) is 0 Å². The lowest BCUT2D eigenvalue weighted by Gasteiger charge is -2.21. The van der Waals surface area contributed by atoms with Gasteiger partial charge in [0.2, 0.25) is 5.75 Å². The number of ether oxygens (including phenoxy) is 3. The van der Waals surface area contributed by atoms with Crippen LogP contribution < -0.4 is 14.2 Å². The third-order valence-corrected chi connectivity index (χ3v) is 16.7. The molecule has 0 saturated carbocycles. The van der Waals surface area contributed by atoms with Gasteiger partial charge in [0.1, 0.15) is 0 Å². The largest absolute Gasteiger partial charge is 0.490 e. The molecule has 0 radical (unpaired) electrons. The summed E-state index contributed by atoms with van der Waals surface area (Å²) in [5.41, 5.74) is 0.824. The summed E-state index contributed by atoms with van der Waals surface area (Å²) in [6, 6.07) is 3.99. The van der Waals surface area contributed by atoms with Crippen molar-refractivity contribution in [1.29, 1.82) is 0 Å². The van der Waals surface area contributed by atoms with E-state index >= 15 is 0 Å². The number of hydrogen-bond donors (Lipinski definition) is 1. The lowest BCUT2D eigenvalue weighted by molar-refractivity contribution is 0.214. The van der Waals surface area contributed by atoms with Crippen LogP contribution in [0, 0.1) is 71.0 Å². The number of benzene rings is 1. The molecular formula is C67H128O4. The molecule has 0 spiro atoms. The third-order valence-electron chi connectivity index (χ3n) is 16.7. The second-order valence-electron chi connectivity index (χ2n) is 26.5. The molecule has 9 atom stereocenters. The summed E-state index contributed by atoms with van der Waals surface area (Å²) in [6.45, 7) is 37.9. The minimum absolute atomic E-state index is 0.0446. The summed E-state index contributed by atoms with van der Waals surface area (Å²) in [5, 5.41) is 10.4. The maximum atomic E-state index is 10.4. The molecule has 0 aliphatic heterocycles. The van der Waals surface area contributed by atoms with Crippen molar-refractivity contribution >= 4 is 0 Å². The second kappa shape index (κ2) is 42.8. The summed E-state index contributed by atoms with van der Waals surface area (Å²) in [6.07, 6.45) is 39.6. The van der Waals surface area contributed by atoms with E-state index in [9.17, 15) is 5.11 Å². The van der Waals surface area contributed by atoms with Crippen LogP contribution >= 0.6 is 0 Å². The van der Waals surface area contributed by atoms with Crippen LogP contribution in [0.3, 0.4) is 0 Å². The van der Waals surface area contributed by atoms with Crippen LogP contribution in [-0.2, 0) is 6.61 Å². The van der Waals surface area contributed by atoms with Crippen molar-refractivity contribution < 1.29 is 19.3 Å². The first-order valence-electron chi connectivity index (χ1n) is 31.5. The van der Waals surface area contributed by atoms with Crippen LogP contribution in [0.4, 0.5) is 0 Å². The molecule has 0 fully saturated rings. The zero-order valence-corrected chi connectivity index (χ0v) is 50.8. The van der Waals surface area contributed by atoms with Crippen LogP contribution in [0.15, 0.2) is 12.1 Å². The predicted molar refractivity (Wildman–Crippen MR) is 314 cm³/mol. The lowest BCUT2D eigenvalue weighted by atomic mass is 9.91. The molecule has 1 rings (SSSR count). The molecule has 1 N–H and O–H groups in total. The van der Waals surface area contributed by atoms with Gasteiger partial charge >= 0.3 is 0 Å². The molecule has 0 saturated heterocycles. The zero-order chi connectivity index (χ0) is 52.8. The van der Waals surface area contributed by atoms with Gasteiger partial charge in [-0.25, -0.2) is 0 Å². The number of rotatable bonds is 49. The van der Waals surface area contributed by atoms with Gasteiger partial charge in [-0.1, -0.05) is 277 Å². The Morgan fingerprint density at radius 2 is 0.479 bits per heavy atom. The van der Waals surface area contributed by atoms with Crippen LogP contribution in [0.1, 0.15) is 302 Å². The van der Waals surface area contributed by atoms with Gasteiger partial charge in [0, 0.05) is 0 Å².